The third kappa shape index (κ3) is 4.29. The molecular formula is C15H19NO4S. The molecule has 0 bridgehead atoms. The van der Waals surface area contributed by atoms with E-state index >= 15 is 0 Å². The minimum atomic E-state index is -3.55. The fourth-order valence-electron chi connectivity index (χ4n) is 2.23. The van der Waals surface area contributed by atoms with E-state index in [1.54, 1.807) is 12.1 Å². The summed E-state index contributed by atoms with van der Waals surface area (Å²) < 4.78 is 32.6. The number of aliphatic hydroxyl groups excluding tert-OH is 1. The molecule has 1 aromatic carbocycles. The lowest BCUT2D eigenvalue weighted by atomic mass is 10.0. The first-order chi connectivity index (χ1) is 10.0. The van der Waals surface area contributed by atoms with Crippen LogP contribution in [-0.2, 0) is 14.8 Å². The Kier molecular flexibility index (Phi) is 5.37. The van der Waals surface area contributed by atoms with E-state index in [9.17, 15) is 8.42 Å². The second-order valence-electron chi connectivity index (χ2n) is 4.96. The van der Waals surface area contributed by atoms with E-state index in [1.807, 2.05) is 6.92 Å². The van der Waals surface area contributed by atoms with E-state index in [-0.39, 0.29) is 23.5 Å². The van der Waals surface area contributed by atoms with Crippen LogP contribution in [0, 0.1) is 17.8 Å². The van der Waals surface area contributed by atoms with Gasteiger partial charge in [-0.2, -0.15) is 0 Å². The van der Waals surface area contributed by atoms with Crippen LogP contribution in [0.2, 0.25) is 0 Å². The first-order valence-corrected chi connectivity index (χ1v) is 8.32. The first kappa shape index (κ1) is 16.0. The maximum atomic E-state index is 12.3. The van der Waals surface area contributed by atoms with Crippen LogP contribution in [0.3, 0.4) is 0 Å². The van der Waals surface area contributed by atoms with Crippen molar-refractivity contribution >= 4 is 10.0 Å². The van der Waals surface area contributed by atoms with Crippen molar-refractivity contribution in [2.24, 2.45) is 5.92 Å². The van der Waals surface area contributed by atoms with Crippen molar-refractivity contribution in [1.29, 1.82) is 0 Å². The van der Waals surface area contributed by atoms with Crippen molar-refractivity contribution in [2.75, 3.05) is 19.8 Å². The molecule has 1 aliphatic rings. The van der Waals surface area contributed by atoms with E-state index in [4.69, 9.17) is 9.84 Å². The van der Waals surface area contributed by atoms with Gasteiger partial charge in [-0.25, -0.2) is 13.1 Å². The molecule has 0 amide bonds. The topological polar surface area (TPSA) is 75.6 Å². The first-order valence-electron chi connectivity index (χ1n) is 6.84. The van der Waals surface area contributed by atoms with E-state index in [0.29, 0.717) is 18.7 Å². The van der Waals surface area contributed by atoms with Crippen molar-refractivity contribution in [3.05, 3.63) is 29.8 Å². The van der Waals surface area contributed by atoms with Gasteiger partial charge in [0.05, 0.1) is 11.0 Å². The Hall–Kier alpha value is -1.39. The molecule has 114 valence electrons. The largest absolute Gasteiger partial charge is 0.384 e. The lowest BCUT2D eigenvalue weighted by molar-refractivity contribution is 0.107. The molecule has 6 heteroatoms. The highest BCUT2D eigenvalue weighted by Crippen LogP contribution is 2.20. The van der Waals surface area contributed by atoms with Crippen LogP contribution in [0.5, 0.6) is 0 Å². The highest BCUT2D eigenvalue weighted by atomic mass is 32.2. The van der Waals surface area contributed by atoms with Crippen molar-refractivity contribution < 1.29 is 18.3 Å². The predicted molar refractivity (Wildman–Crippen MR) is 79.1 cm³/mol. The van der Waals surface area contributed by atoms with Crippen LogP contribution in [0.4, 0.5) is 0 Å². The normalized spacial score (nSPS) is 21.8. The van der Waals surface area contributed by atoms with Gasteiger partial charge in [-0.15, -0.1) is 0 Å². The minimum absolute atomic E-state index is 0.0782. The summed E-state index contributed by atoms with van der Waals surface area (Å²) in [6.07, 6.45) is 0.945. The summed E-state index contributed by atoms with van der Waals surface area (Å²) in [6, 6.07) is 6.37. The van der Waals surface area contributed by atoms with Gasteiger partial charge < -0.3 is 9.84 Å². The SMILES string of the molecule is CC1OCCC1CNS(=O)(=O)c1cccc(C#CCO)c1. The zero-order chi connectivity index (χ0) is 15.3. The van der Waals surface area contributed by atoms with Crippen LogP contribution in [0.15, 0.2) is 29.2 Å². The minimum Gasteiger partial charge on any atom is -0.384 e. The fourth-order valence-corrected chi connectivity index (χ4v) is 3.37. The van der Waals surface area contributed by atoms with E-state index < -0.39 is 10.0 Å². The molecule has 2 N–H and O–H groups in total. The number of ether oxygens (including phenoxy) is 1. The lowest BCUT2D eigenvalue weighted by Crippen LogP contribution is -2.32. The third-order valence-corrected chi connectivity index (χ3v) is 4.95. The number of benzene rings is 1. The van der Waals surface area contributed by atoms with Gasteiger partial charge in [0.25, 0.3) is 0 Å². The quantitative estimate of drug-likeness (QED) is 0.804. The molecule has 1 fully saturated rings. The van der Waals surface area contributed by atoms with Gasteiger partial charge in [-0.3, -0.25) is 0 Å². The third-order valence-electron chi connectivity index (χ3n) is 3.52. The Morgan fingerprint density at radius 3 is 2.95 bits per heavy atom. The van der Waals surface area contributed by atoms with Gasteiger partial charge in [0.2, 0.25) is 10.0 Å². The Bertz CT molecular complexity index is 645. The molecule has 1 aliphatic heterocycles. The smallest absolute Gasteiger partial charge is 0.240 e. The van der Waals surface area contributed by atoms with Crippen molar-refractivity contribution in [2.45, 2.75) is 24.3 Å². The lowest BCUT2D eigenvalue weighted by Gasteiger charge is -2.15. The molecule has 1 saturated heterocycles. The average Bonchev–Trinajstić information content (AvgIpc) is 2.89. The molecule has 0 aliphatic carbocycles. The second kappa shape index (κ2) is 7.05. The maximum Gasteiger partial charge on any atom is 0.240 e. The van der Waals surface area contributed by atoms with Crippen LogP contribution in [-0.4, -0.2) is 39.4 Å². The number of hydrogen-bond donors (Lipinski definition) is 2. The Labute approximate surface area is 125 Å². The van der Waals surface area contributed by atoms with Crippen molar-refractivity contribution in [3.63, 3.8) is 0 Å². The fraction of sp³-hybridized carbons (Fsp3) is 0.467. The monoisotopic (exact) mass is 309 g/mol. The van der Waals surface area contributed by atoms with Gasteiger partial charge >= 0.3 is 0 Å². The predicted octanol–water partition coefficient (Wildman–Crippen LogP) is 0.734. The number of sulfonamides is 1. The summed E-state index contributed by atoms with van der Waals surface area (Å²) >= 11 is 0. The standard InChI is InChI=1S/C15H19NO4S/c1-12-14(7-9-20-12)11-16-21(18,19)15-6-2-4-13(10-15)5-3-8-17/h2,4,6,10,12,14,16-17H,7-9,11H2,1H3. The highest BCUT2D eigenvalue weighted by molar-refractivity contribution is 7.89. The summed E-state index contributed by atoms with van der Waals surface area (Å²) in [5.41, 5.74) is 0.560. The van der Waals surface area contributed by atoms with Crippen molar-refractivity contribution in [1.82, 2.24) is 4.72 Å². The molecule has 1 heterocycles. The summed E-state index contributed by atoms with van der Waals surface area (Å²) in [5.74, 6) is 5.40. The Morgan fingerprint density at radius 2 is 2.29 bits per heavy atom. The van der Waals surface area contributed by atoms with Gasteiger partial charge in [-0.1, -0.05) is 17.9 Å². The number of aliphatic hydroxyl groups is 1. The van der Waals surface area contributed by atoms with Gasteiger partial charge in [-0.05, 0) is 31.5 Å². The molecule has 1 aromatic rings. The second-order valence-corrected chi connectivity index (χ2v) is 6.73. The molecular weight excluding hydrogens is 290 g/mol. The van der Waals surface area contributed by atoms with Crippen LogP contribution >= 0.6 is 0 Å². The summed E-state index contributed by atoms with van der Waals surface area (Å²) in [6.45, 7) is 2.75. The number of rotatable bonds is 4. The zero-order valence-corrected chi connectivity index (χ0v) is 12.7. The van der Waals surface area contributed by atoms with Crippen molar-refractivity contribution in [3.8, 4) is 11.8 Å². The Morgan fingerprint density at radius 1 is 1.48 bits per heavy atom. The van der Waals surface area contributed by atoms with Crippen LogP contribution < -0.4 is 4.72 Å². The molecule has 0 saturated carbocycles. The number of nitrogens with one attached hydrogen (secondary N) is 1. The number of hydrogen-bond acceptors (Lipinski definition) is 4. The Balaban J connectivity index is 2.08. The van der Waals surface area contributed by atoms with E-state index in [2.05, 4.69) is 16.6 Å². The van der Waals surface area contributed by atoms with Crippen LogP contribution in [0.1, 0.15) is 18.9 Å². The molecule has 0 spiro atoms. The molecule has 0 aromatic heterocycles. The van der Waals surface area contributed by atoms with Gasteiger partial charge in [0.15, 0.2) is 0 Å². The van der Waals surface area contributed by atoms with E-state index in [1.165, 1.54) is 12.1 Å². The molecule has 5 nitrogen and oxygen atoms in total. The maximum absolute atomic E-state index is 12.3. The molecule has 2 atom stereocenters. The average molecular weight is 309 g/mol. The van der Waals surface area contributed by atoms with Gasteiger partial charge in [0.1, 0.15) is 6.61 Å². The molecule has 2 rings (SSSR count). The summed E-state index contributed by atoms with van der Waals surface area (Å²) in [7, 11) is -3.55. The highest BCUT2D eigenvalue weighted by Gasteiger charge is 2.26. The molecule has 2 unspecified atom stereocenters. The molecule has 0 radical (unpaired) electrons. The van der Waals surface area contributed by atoms with Crippen LogP contribution in [0.25, 0.3) is 0 Å². The van der Waals surface area contributed by atoms with Gasteiger partial charge in [0, 0.05) is 24.6 Å². The van der Waals surface area contributed by atoms with E-state index in [0.717, 1.165) is 6.42 Å². The summed E-state index contributed by atoms with van der Waals surface area (Å²) in [5, 5.41) is 8.67. The molecule has 21 heavy (non-hydrogen) atoms. The summed E-state index contributed by atoms with van der Waals surface area (Å²) in [4.78, 5) is 0.179. The zero-order valence-electron chi connectivity index (χ0n) is 11.9.